The molecule has 1 aliphatic heterocycles. The van der Waals surface area contributed by atoms with Crippen LogP contribution in [0.4, 0.5) is 0 Å². The first-order valence-corrected chi connectivity index (χ1v) is 23.5. The van der Waals surface area contributed by atoms with Gasteiger partial charge in [0.1, 0.15) is 18.4 Å². The van der Waals surface area contributed by atoms with E-state index in [1.165, 1.54) is 82.1 Å². The second-order valence-corrected chi connectivity index (χ2v) is 18.5. The predicted octanol–water partition coefficient (Wildman–Crippen LogP) is 14.1. The van der Waals surface area contributed by atoms with Crippen LogP contribution in [-0.2, 0) is 22.6 Å². The topological polar surface area (TPSA) is 98.1 Å². The van der Waals surface area contributed by atoms with Gasteiger partial charge in [0, 0.05) is 36.3 Å². The zero-order valence-electron chi connectivity index (χ0n) is 33.7. The molecule has 0 N–H and O–H groups in total. The first kappa shape index (κ1) is 45.1. The van der Waals surface area contributed by atoms with E-state index in [2.05, 4.69) is 115 Å². The SMILES string of the molecule is C.C=CCn1c(-c2nc(Br)c(Br)n2C=C)c(C2CCCCC2)c2ccc(C(=O)OC)cc21.COC(=O)c1ccc2c(C3CCCCC3)c3n(c2c1)CC=Cn1c-3nc(Br)c1Br. The fraction of sp³-hybridized carbons (Fsp3) is 0.362. The number of carbonyl (C=O) groups excluding carboxylic acids is 2. The fourth-order valence-electron chi connectivity index (χ4n) is 9.51. The third-order valence-corrected chi connectivity index (χ3v) is 15.8. The first-order valence-electron chi connectivity index (χ1n) is 20.4. The summed E-state index contributed by atoms with van der Waals surface area (Å²) in [6.07, 6.45) is 20.1. The number of hydrogen-bond acceptors (Lipinski definition) is 6. The minimum absolute atomic E-state index is 0. The van der Waals surface area contributed by atoms with E-state index in [1.54, 1.807) is 6.20 Å². The number of fused-ring (bicyclic) bond motifs is 6. The predicted molar refractivity (Wildman–Crippen MR) is 260 cm³/mol. The van der Waals surface area contributed by atoms with Crippen molar-refractivity contribution in [2.45, 2.75) is 96.6 Å². The van der Waals surface area contributed by atoms with Gasteiger partial charge in [-0.05, 0) is 143 Å². The molecule has 14 heteroatoms. The van der Waals surface area contributed by atoms with Crippen LogP contribution in [0.2, 0.25) is 0 Å². The average molecular weight is 1080 g/mol. The zero-order chi connectivity index (χ0) is 42.2. The van der Waals surface area contributed by atoms with Crippen LogP contribution in [0.1, 0.15) is 115 Å². The van der Waals surface area contributed by atoms with Gasteiger partial charge in [0.15, 0.2) is 11.6 Å². The van der Waals surface area contributed by atoms with Crippen molar-refractivity contribution in [2.24, 2.45) is 0 Å². The van der Waals surface area contributed by atoms with E-state index in [4.69, 9.17) is 19.4 Å². The molecule has 0 bridgehead atoms. The Morgan fingerprint density at radius 3 is 1.82 bits per heavy atom. The highest BCUT2D eigenvalue weighted by molar-refractivity contribution is 9.13. The Labute approximate surface area is 390 Å². The molecule has 4 aromatic heterocycles. The van der Waals surface area contributed by atoms with E-state index >= 15 is 0 Å². The van der Waals surface area contributed by atoms with E-state index < -0.39 is 0 Å². The van der Waals surface area contributed by atoms with Gasteiger partial charge in [0.25, 0.3) is 0 Å². The lowest BCUT2D eigenvalue weighted by Gasteiger charge is -2.23. The lowest BCUT2D eigenvalue weighted by molar-refractivity contribution is 0.0592. The Kier molecular flexibility index (Phi) is 14.2. The first-order chi connectivity index (χ1) is 29.1. The van der Waals surface area contributed by atoms with Gasteiger partial charge < -0.3 is 18.6 Å². The summed E-state index contributed by atoms with van der Waals surface area (Å²) in [6, 6.07) is 11.8. The van der Waals surface area contributed by atoms with Crippen molar-refractivity contribution >= 4 is 110 Å². The lowest BCUT2D eigenvalue weighted by atomic mass is 9.82. The summed E-state index contributed by atoms with van der Waals surface area (Å²) < 4.78 is 21.7. The Morgan fingerprint density at radius 1 is 0.738 bits per heavy atom. The summed E-state index contributed by atoms with van der Waals surface area (Å²) in [5.41, 5.74) is 8.04. The smallest absolute Gasteiger partial charge is 0.337 e. The summed E-state index contributed by atoms with van der Waals surface area (Å²) in [5, 5.41) is 2.37. The molecule has 0 unspecified atom stereocenters. The minimum atomic E-state index is -0.341. The molecule has 6 aromatic rings. The average Bonchev–Trinajstić information content (AvgIpc) is 3.92. The molecule has 3 aliphatic rings. The zero-order valence-corrected chi connectivity index (χ0v) is 40.0. The Bertz CT molecular complexity index is 2690. The molecule has 2 aromatic carbocycles. The van der Waals surface area contributed by atoms with Gasteiger partial charge >= 0.3 is 11.9 Å². The van der Waals surface area contributed by atoms with Crippen LogP contribution in [0.3, 0.4) is 0 Å². The standard InChI is InChI=1S/C24H25Br2N3O2.C22H21Br2N3O2.CH4/c1-4-13-29-18-14-16(24(30)31-3)11-12-17(18)19(15-9-7-6-8-10-15)20(29)23-27-21(25)22(26)28(23)5-2;1-29-22(28)14-8-9-15-16(12-14)26-10-5-11-27-20(24)19(23)25-21(27)18(26)17(15)13-6-3-2-4-7-13;/h4-5,11-12,14-15H,1-2,6-10,13H2,3H3;5,8-9,11-13H,2-4,6-7,10H2,1H3;1H4. The molecule has 0 spiro atoms. The number of imidazole rings is 2. The van der Waals surface area contributed by atoms with Gasteiger partial charge in [-0.2, -0.15) is 0 Å². The van der Waals surface area contributed by atoms with E-state index in [9.17, 15) is 9.59 Å². The Balaban J connectivity index is 0.000000181. The number of nitrogens with zero attached hydrogens (tertiary/aromatic N) is 6. The molecule has 61 heavy (non-hydrogen) atoms. The van der Waals surface area contributed by atoms with Gasteiger partial charge in [-0.1, -0.05) is 70.7 Å². The number of allylic oxidation sites excluding steroid dienone is 2. The fourth-order valence-corrected chi connectivity index (χ4v) is 11.0. The normalized spacial score (nSPS) is 15.3. The summed E-state index contributed by atoms with van der Waals surface area (Å²) in [7, 11) is 2.83. The van der Waals surface area contributed by atoms with Crippen molar-refractivity contribution in [2.75, 3.05) is 14.2 Å². The van der Waals surface area contributed by atoms with E-state index in [-0.39, 0.29) is 19.4 Å². The quantitative estimate of drug-likeness (QED) is 0.111. The largest absolute Gasteiger partial charge is 0.465 e. The monoisotopic (exact) mass is 1080 g/mol. The van der Waals surface area contributed by atoms with Gasteiger partial charge in [-0.25, -0.2) is 19.6 Å². The van der Waals surface area contributed by atoms with E-state index in [0.29, 0.717) is 29.5 Å². The maximum absolute atomic E-state index is 12.2. The number of halogens is 4. The van der Waals surface area contributed by atoms with Crippen LogP contribution in [-0.4, -0.2) is 54.4 Å². The van der Waals surface area contributed by atoms with Crippen LogP contribution in [0, 0.1) is 0 Å². The summed E-state index contributed by atoms with van der Waals surface area (Å²) in [5.74, 6) is 2.03. The van der Waals surface area contributed by atoms with Crippen LogP contribution >= 0.6 is 63.7 Å². The molecule has 0 saturated heterocycles. The maximum Gasteiger partial charge on any atom is 0.337 e. The Morgan fingerprint density at radius 2 is 1.26 bits per heavy atom. The highest BCUT2D eigenvalue weighted by atomic mass is 79.9. The molecular weight excluding hydrogens is 1030 g/mol. The summed E-state index contributed by atoms with van der Waals surface area (Å²) >= 11 is 14.4. The number of benzene rings is 2. The maximum atomic E-state index is 12.2. The number of methoxy groups -OCH3 is 2. The molecule has 0 radical (unpaired) electrons. The second kappa shape index (κ2) is 19.2. The molecule has 9 rings (SSSR count). The summed E-state index contributed by atoms with van der Waals surface area (Å²) in [6.45, 7) is 9.31. The van der Waals surface area contributed by atoms with Crippen molar-refractivity contribution in [1.82, 2.24) is 28.2 Å². The van der Waals surface area contributed by atoms with Crippen LogP contribution in [0.25, 0.3) is 57.2 Å². The molecule has 2 aliphatic carbocycles. The van der Waals surface area contributed by atoms with Crippen molar-refractivity contribution in [3.8, 4) is 23.0 Å². The molecule has 2 fully saturated rings. The van der Waals surface area contributed by atoms with Gasteiger partial charge in [0.2, 0.25) is 0 Å². The van der Waals surface area contributed by atoms with Crippen molar-refractivity contribution in [3.05, 3.63) is 102 Å². The molecule has 0 atom stereocenters. The lowest BCUT2D eigenvalue weighted by Crippen LogP contribution is -2.09. The van der Waals surface area contributed by atoms with Crippen molar-refractivity contribution in [1.29, 1.82) is 0 Å². The highest BCUT2D eigenvalue weighted by Gasteiger charge is 2.32. The second-order valence-electron chi connectivity index (χ2n) is 15.5. The van der Waals surface area contributed by atoms with Gasteiger partial charge in [0.05, 0.1) is 47.8 Å². The Hall–Kier alpha value is -3.98. The highest BCUT2D eigenvalue weighted by Crippen LogP contribution is 2.47. The molecule has 320 valence electrons. The molecular formula is C47H50Br4N6O4. The number of aromatic nitrogens is 6. The molecule has 10 nitrogen and oxygen atoms in total. The van der Waals surface area contributed by atoms with Gasteiger partial charge in [-0.15, -0.1) is 6.58 Å². The van der Waals surface area contributed by atoms with Crippen LogP contribution in [0.15, 0.2) is 80.1 Å². The molecule has 0 amide bonds. The minimum Gasteiger partial charge on any atom is -0.465 e. The number of esters is 2. The third-order valence-electron chi connectivity index (χ3n) is 12.2. The van der Waals surface area contributed by atoms with E-state index in [1.807, 2.05) is 34.9 Å². The third kappa shape index (κ3) is 8.22. The van der Waals surface area contributed by atoms with E-state index in [0.717, 1.165) is 77.3 Å². The summed E-state index contributed by atoms with van der Waals surface area (Å²) in [4.78, 5) is 34.1. The number of hydrogen-bond donors (Lipinski definition) is 0. The van der Waals surface area contributed by atoms with Crippen molar-refractivity contribution < 1.29 is 19.1 Å². The number of ether oxygens (including phenoxy) is 2. The van der Waals surface area contributed by atoms with Gasteiger partial charge in [-0.3, -0.25) is 9.13 Å². The molecule has 2 saturated carbocycles. The molecule has 5 heterocycles. The number of rotatable bonds is 8. The number of carbonyl (C=O) groups is 2. The van der Waals surface area contributed by atoms with Crippen molar-refractivity contribution in [3.63, 3.8) is 0 Å². The van der Waals surface area contributed by atoms with Crippen LogP contribution in [0.5, 0.6) is 0 Å². The van der Waals surface area contributed by atoms with Crippen LogP contribution < -0.4 is 0 Å².